The second-order valence-corrected chi connectivity index (χ2v) is 11.8. The SMILES string of the molecule is COc1cc(N(C)CCN(C)C)c([N+](=O)[O-])cc1Nc1nccc(-c2c3n(c4ccccc24)CC2OC(C)(C)OC2C3)n1. The van der Waals surface area contributed by atoms with Gasteiger partial charge >= 0.3 is 0 Å². The lowest BCUT2D eigenvalue weighted by Crippen LogP contribution is -2.35. The number of rotatable bonds is 9. The van der Waals surface area contributed by atoms with Crippen molar-refractivity contribution in [3.8, 4) is 17.0 Å². The minimum Gasteiger partial charge on any atom is -0.494 e. The van der Waals surface area contributed by atoms with Gasteiger partial charge in [-0.15, -0.1) is 0 Å². The Hall–Kier alpha value is -4.26. The minimum absolute atomic E-state index is 0.0260. The van der Waals surface area contributed by atoms with E-state index in [1.165, 1.54) is 13.2 Å². The molecule has 6 rings (SSSR count). The van der Waals surface area contributed by atoms with E-state index in [0.717, 1.165) is 34.4 Å². The summed E-state index contributed by atoms with van der Waals surface area (Å²) in [7, 11) is 7.30. The van der Waals surface area contributed by atoms with Crippen LogP contribution >= 0.6 is 0 Å². The van der Waals surface area contributed by atoms with Crippen LogP contribution in [0.4, 0.5) is 23.0 Å². The molecule has 4 aromatic rings. The largest absolute Gasteiger partial charge is 0.494 e. The van der Waals surface area contributed by atoms with Gasteiger partial charge in [-0.1, -0.05) is 18.2 Å². The van der Waals surface area contributed by atoms with Crippen LogP contribution in [0.3, 0.4) is 0 Å². The van der Waals surface area contributed by atoms with Crippen LogP contribution in [0.15, 0.2) is 48.7 Å². The Labute approximate surface area is 250 Å². The van der Waals surface area contributed by atoms with Gasteiger partial charge in [0.15, 0.2) is 5.79 Å². The third-order valence-electron chi connectivity index (χ3n) is 8.07. The summed E-state index contributed by atoms with van der Waals surface area (Å²) in [6, 6.07) is 13.3. The van der Waals surface area contributed by atoms with Crippen LogP contribution < -0.4 is 15.0 Å². The molecule has 4 heterocycles. The number of benzene rings is 2. The molecule has 12 heteroatoms. The number of ether oxygens (including phenoxy) is 3. The van der Waals surface area contributed by atoms with Crippen molar-refractivity contribution < 1.29 is 19.1 Å². The Balaban J connectivity index is 1.37. The monoisotopic (exact) mass is 587 g/mol. The van der Waals surface area contributed by atoms with Gasteiger partial charge in [-0.3, -0.25) is 10.1 Å². The normalized spacial score (nSPS) is 18.9. The number of nitro groups is 1. The average molecular weight is 588 g/mol. The summed E-state index contributed by atoms with van der Waals surface area (Å²) in [5.41, 5.74) is 4.84. The molecule has 2 atom stereocenters. The van der Waals surface area contributed by atoms with E-state index >= 15 is 0 Å². The molecular formula is C31H37N7O5. The van der Waals surface area contributed by atoms with Gasteiger partial charge in [-0.05, 0) is 40.1 Å². The smallest absolute Gasteiger partial charge is 0.294 e. The second kappa shape index (κ2) is 11.1. The maximum absolute atomic E-state index is 12.1. The topological polar surface area (TPSA) is 120 Å². The molecule has 2 aliphatic rings. The number of likely N-dealkylation sites (N-methyl/N-ethyl adjacent to an activating group) is 2. The van der Waals surface area contributed by atoms with Crippen LogP contribution in [0.2, 0.25) is 0 Å². The van der Waals surface area contributed by atoms with Crippen molar-refractivity contribution in [1.82, 2.24) is 19.4 Å². The van der Waals surface area contributed by atoms with Gasteiger partial charge < -0.3 is 33.9 Å². The molecule has 2 aliphatic heterocycles. The fourth-order valence-corrected chi connectivity index (χ4v) is 6.10. The van der Waals surface area contributed by atoms with Gasteiger partial charge in [0.05, 0.1) is 36.1 Å². The van der Waals surface area contributed by atoms with Crippen LogP contribution in [0.1, 0.15) is 19.5 Å². The molecule has 0 amide bonds. The van der Waals surface area contributed by atoms with Crippen LogP contribution in [0.25, 0.3) is 22.2 Å². The molecule has 226 valence electrons. The number of hydrogen-bond acceptors (Lipinski definition) is 10. The third kappa shape index (κ3) is 5.49. The summed E-state index contributed by atoms with van der Waals surface area (Å²) in [5, 5.41) is 16.4. The Kier molecular flexibility index (Phi) is 7.45. The van der Waals surface area contributed by atoms with E-state index < -0.39 is 5.79 Å². The van der Waals surface area contributed by atoms with Gasteiger partial charge in [0.25, 0.3) is 5.69 Å². The first-order chi connectivity index (χ1) is 20.5. The first kappa shape index (κ1) is 28.8. The predicted molar refractivity (Wildman–Crippen MR) is 165 cm³/mol. The Morgan fingerprint density at radius 1 is 1.14 bits per heavy atom. The molecule has 43 heavy (non-hydrogen) atoms. The molecule has 0 radical (unpaired) electrons. The van der Waals surface area contributed by atoms with Gasteiger partial charge in [-0.2, -0.15) is 0 Å². The summed E-state index contributed by atoms with van der Waals surface area (Å²) in [6.07, 6.45) is 2.30. The molecule has 1 saturated heterocycles. The van der Waals surface area contributed by atoms with Crippen molar-refractivity contribution in [3.05, 3.63) is 64.5 Å². The van der Waals surface area contributed by atoms with E-state index in [4.69, 9.17) is 19.2 Å². The quantitative estimate of drug-likeness (QED) is 0.215. The van der Waals surface area contributed by atoms with E-state index in [2.05, 4.69) is 27.0 Å². The van der Waals surface area contributed by atoms with Gasteiger partial charge in [0.1, 0.15) is 17.5 Å². The zero-order valence-corrected chi connectivity index (χ0v) is 25.3. The van der Waals surface area contributed by atoms with Crippen molar-refractivity contribution in [2.45, 2.75) is 44.8 Å². The fourth-order valence-electron chi connectivity index (χ4n) is 6.10. The summed E-state index contributed by atoms with van der Waals surface area (Å²) in [4.78, 5) is 24.9. The first-order valence-corrected chi connectivity index (χ1v) is 14.3. The molecule has 0 aliphatic carbocycles. The van der Waals surface area contributed by atoms with Crippen molar-refractivity contribution >= 4 is 33.9 Å². The van der Waals surface area contributed by atoms with Crippen LogP contribution in [0.5, 0.6) is 5.75 Å². The molecule has 2 aromatic heterocycles. The molecule has 2 unspecified atom stereocenters. The Bertz CT molecular complexity index is 1680. The van der Waals surface area contributed by atoms with Crippen molar-refractivity contribution in [3.63, 3.8) is 0 Å². The van der Waals surface area contributed by atoms with Crippen LogP contribution in [-0.2, 0) is 22.4 Å². The van der Waals surface area contributed by atoms with E-state index in [1.807, 2.05) is 63.0 Å². The number of fused-ring (bicyclic) bond motifs is 4. The van der Waals surface area contributed by atoms with Crippen molar-refractivity contribution in [2.24, 2.45) is 0 Å². The fraction of sp³-hybridized carbons (Fsp3) is 0.419. The Morgan fingerprint density at radius 2 is 1.91 bits per heavy atom. The highest BCUT2D eigenvalue weighted by Gasteiger charge is 2.45. The second-order valence-electron chi connectivity index (χ2n) is 11.8. The number of anilines is 3. The van der Waals surface area contributed by atoms with Crippen LogP contribution in [-0.4, -0.2) is 83.7 Å². The lowest BCUT2D eigenvalue weighted by Gasteiger charge is -2.26. The predicted octanol–water partition coefficient (Wildman–Crippen LogP) is 4.83. The van der Waals surface area contributed by atoms with E-state index in [1.54, 1.807) is 12.3 Å². The molecule has 0 saturated carbocycles. The third-order valence-corrected chi connectivity index (χ3v) is 8.07. The van der Waals surface area contributed by atoms with Gasteiger partial charge in [0, 0.05) is 67.0 Å². The Morgan fingerprint density at radius 3 is 2.65 bits per heavy atom. The van der Waals surface area contributed by atoms with Gasteiger partial charge in [-0.25, -0.2) is 9.97 Å². The van der Waals surface area contributed by atoms with Gasteiger partial charge in [0.2, 0.25) is 5.95 Å². The maximum Gasteiger partial charge on any atom is 0.294 e. The molecule has 1 fully saturated rings. The summed E-state index contributed by atoms with van der Waals surface area (Å²) in [6.45, 7) is 5.95. The minimum atomic E-state index is -0.625. The number of para-hydroxylation sites is 1. The first-order valence-electron chi connectivity index (χ1n) is 14.3. The van der Waals surface area contributed by atoms with Crippen LogP contribution in [0, 0.1) is 10.1 Å². The lowest BCUT2D eigenvalue weighted by atomic mass is 9.99. The molecule has 0 bridgehead atoms. The van der Waals surface area contributed by atoms with Crippen molar-refractivity contribution in [2.75, 3.05) is 51.6 Å². The summed E-state index contributed by atoms with van der Waals surface area (Å²) >= 11 is 0. The summed E-state index contributed by atoms with van der Waals surface area (Å²) in [5.74, 6) is 0.128. The lowest BCUT2D eigenvalue weighted by molar-refractivity contribution is -0.384. The highest BCUT2D eigenvalue weighted by Crippen LogP contribution is 2.43. The molecule has 12 nitrogen and oxygen atoms in total. The summed E-state index contributed by atoms with van der Waals surface area (Å²) < 4.78 is 20.4. The highest BCUT2D eigenvalue weighted by molar-refractivity contribution is 5.97. The van der Waals surface area contributed by atoms with E-state index in [-0.39, 0.29) is 22.8 Å². The van der Waals surface area contributed by atoms with Crippen molar-refractivity contribution in [1.29, 1.82) is 0 Å². The number of hydrogen-bond donors (Lipinski definition) is 1. The zero-order valence-electron chi connectivity index (χ0n) is 25.3. The average Bonchev–Trinajstić information content (AvgIpc) is 3.45. The maximum atomic E-state index is 12.1. The van der Waals surface area contributed by atoms with E-state index in [9.17, 15) is 10.1 Å². The molecule has 0 spiro atoms. The number of nitrogens with zero attached hydrogens (tertiary/aromatic N) is 6. The highest BCUT2D eigenvalue weighted by atomic mass is 16.8. The molecule has 1 N–H and O–H groups in total. The molecular weight excluding hydrogens is 550 g/mol. The zero-order chi connectivity index (χ0) is 30.5. The molecule has 2 aromatic carbocycles. The standard InChI is InChI=1S/C31H37N7O5/c1-31(2)42-27-17-25-29(19-9-7-8-10-22(19)37(25)18-28(27)43-31)20-11-12-32-30(33-20)34-21-15-24(38(39)40)23(16-26(21)41-6)36(5)14-13-35(3)4/h7-12,15-16,27-28H,13-14,17-18H2,1-6H3,(H,32,33,34). The van der Waals surface area contributed by atoms with E-state index in [0.29, 0.717) is 42.6 Å². The number of nitro benzene ring substituents is 1. The number of aromatic nitrogens is 3. The number of nitrogens with one attached hydrogen (secondary N) is 1. The number of methoxy groups -OCH3 is 1.